The summed E-state index contributed by atoms with van der Waals surface area (Å²) in [6.07, 6.45) is 4.86. The maximum atomic E-state index is 13.1. The van der Waals surface area contributed by atoms with E-state index in [2.05, 4.69) is 40.8 Å². The number of hydrogen-bond acceptors (Lipinski definition) is 3. The summed E-state index contributed by atoms with van der Waals surface area (Å²) in [5, 5.41) is 0. The van der Waals surface area contributed by atoms with Gasteiger partial charge in [0.1, 0.15) is 0 Å². The van der Waals surface area contributed by atoms with Crippen molar-refractivity contribution in [2.75, 3.05) is 19.6 Å². The molecule has 4 heteroatoms. The maximum absolute atomic E-state index is 13.1. The fraction of sp³-hybridized carbons (Fsp3) is 0.429. The largest absolute Gasteiger partial charge is 0.334 e. The van der Waals surface area contributed by atoms with Gasteiger partial charge in [0.15, 0.2) is 0 Å². The first-order valence-corrected chi connectivity index (χ1v) is 9.10. The number of pyridine rings is 1. The molecular formula is C21H25N3O. The summed E-state index contributed by atoms with van der Waals surface area (Å²) in [5.74, 6) is 0.800. The topological polar surface area (TPSA) is 36.4 Å². The smallest absolute Gasteiger partial charge is 0.254 e. The zero-order valence-corrected chi connectivity index (χ0v) is 15.0. The zero-order valence-electron chi connectivity index (χ0n) is 15.0. The standard InChI is InChI=1S/C21H25N3O/c1-15-8-16(2)10-19(9-15)21(25)24-7-5-18-13-23(14-20(18)24)12-17-4-3-6-22-11-17/h3-4,6,8-11,18,20H,5,7,12-14H2,1-2H3/t18-,20+/m1/s1. The lowest BCUT2D eigenvalue weighted by atomic mass is 10.0. The van der Waals surface area contributed by atoms with Crippen molar-refractivity contribution in [1.82, 2.24) is 14.8 Å². The van der Waals surface area contributed by atoms with Crippen molar-refractivity contribution in [2.24, 2.45) is 5.92 Å². The quantitative estimate of drug-likeness (QED) is 0.865. The number of carbonyl (C=O) groups excluding carboxylic acids is 1. The van der Waals surface area contributed by atoms with E-state index in [9.17, 15) is 4.79 Å². The third kappa shape index (κ3) is 3.31. The number of fused-ring (bicyclic) bond motifs is 1. The molecule has 2 atom stereocenters. The van der Waals surface area contributed by atoms with Crippen molar-refractivity contribution < 1.29 is 4.79 Å². The van der Waals surface area contributed by atoms with E-state index in [1.54, 1.807) is 0 Å². The molecule has 0 radical (unpaired) electrons. The molecule has 25 heavy (non-hydrogen) atoms. The van der Waals surface area contributed by atoms with Gasteiger partial charge in [-0.15, -0.1) is 0 Å². The van der Waals surface area contributed by atoms with Crippen molar-refractivity contribution in [2.45, 2.75) is 32.9 Å². The number of nitrogens with zero attached hydrogens (tertiary/aromatic N) is 3. The molecule has 0 aliphatic carbocycles. The van der Waals surface area contributed by atoms with Crippen molar-refractivity contribution >= 4 is 5.91 Å². The lowest BCUT2D eigenvalue weighted by molar-refractivity contribution is 0.0726. The molecule has 0 bridgehead atoms. The second-order valence-electron chi connectivity index (χ2n) is 7.55. The summed E-state index contributed by atoms with van der Waals surface area (Å²) in [4.78, 5) is 21.8. The Balaban J connectivity index is 1.47. The van der Waals surface area contributed by atoms with Crippen LogP contribution in [0.4, 0.5) is 0 Å². The van der Waals surface area contributed by atoms with Crippen LogP contribution in [0.15, 0.2) is 42.7 Å². The Morgan fingerprint density at radius 2 is 2.00 bits per heavy atom. The zero-order chi connectivity index (χ0) is 17.4. The number of benzene rings is 1. The van der Waals surface area contributed by atoms with Crippen molar-refractivity contribution in [3.05, 3.63) is 65.0 Å². The van der Waals surface area contributed by atoms with E-state index in [-0.39, 0.29) is 5.91 Å². The van der Waals surface area contributed by atoms with Gasteiger partial charge in [-0.1, -0.05) is 23.3 Å². The fourth-order valence-corrected chi connectivity index (χ4v) is 4.44. The first-order chi connectivity index (χ1) is 12.1. The van der Waals surface area contributed by atoms with Gasteiger partial charge >= 0.3 is 0 Å². The van der Waals surface area contributed by atoms with Crippen LogP contribution in [0.1, 0.15) is 33.5 Å². The Kier molecular flexibility index (Phi) is 4.30. The Morgan fingerprint density at radius 3 is 2.72 bits per heavy atom. The van der Waals surface area contributed by atoms with Crippen LogP contribution in [0.2, 0.25) is 0 Å². The molecule has 2 aliphatic heterocycles. The molecule has 130 valence electrons. The number of aromatic nitrogens is 1. The first-order valence-electron chi connectivity index (χ1n) is 9.10. The SMILES string of the molecule is Cc1cc(C)cc(C(=O)N2CC[C@@H]3CN(Cc4cccnc4)C[C@@H]32)c1. The van der Waals surface area contributed by atoms with Gasteiger partial charge < -0.3 is 4.90 Å². The monoisotopic (exact) mass is 335 g/mol. The summed E-state index contributed by atoms with van der Waals surface area (Å²) in [5.41, 5.74) is 4.39. The van der Waals surface area contributed by atoms with E-state index in [0.717, 1.165) is 49.3 Å². The lowest BCUT2D eigenvalue weighted by Gasteiger charge is -2.25. The van der Waals surface area contributed by atoms with Crippen LogP contribution in [-0.4, -0.2) is 46.4 Å². The third-order valence-corrected chi connectivity index (χ3v) is 5.48. The minimum atomic E-state index is 0.197. The minimum absolute atomic E-state index is 0.197. The highest BCUT2D eigenvalue weighted by Gasteiger charge is 2.43. The van der Waals surface area contributed by atoms with Crippen LogP contribution >= 0.6 is 0 Å². The minimum Gasteiger partial charge on any atom is -0.334 e. The van der Waals surface area contributed by atoms with Crippen LogP contribution in [0.5, 0.6) is 0 Å². The third-order valence-electron chi connectivity index (χ3n) is 5.48. The first kappa shape index (κ1) is 16.3. The van der Waals surface area contributed by atoms with E-state index in [4.69, 9.17) is 0 Å². The van der Waals surface area contributed by atoms with Gasteiger partial charge in [-0.05, 0) is 49.9 Å². The van der Waals surface area contributed by atoms with Crippen LogP contribution in [0.25, 0.3) is 0 Å². The molecule has 1 amide bonds. The number of rotatable bonds is 3. The van der Waals surface area contributed by atoms with E-state index < -0.39 is 0 Å². The molecule has 1 aromatic heterocycles. The maximum Gasteiger partial charge on any atom is 0.254 e. The molecule has 0 unspecified atom stereocenters. The summed E-state index contributed by atoms with van der Waals surface area (Å²) >= 11 is 0. The van der Waals surface area contributed by atoms with E-state index >= 15 is 0 Å². The summed E-state index contributed by atoms with van der Waals surface area (Å²) in [7, 11) is 0. The highest BCUT2D eigenvalue weighted by atomic mass is 16.2. The number of hydrogen-bond donors (Lipinski definition) is 0. The van der Waals surface area contributed by atoms with Crippen molar-refractivity contribution in [3.63, 3.8) is 0 Å². The lowest BCUT2D eigenvalue weighted by Crippen LogP contribution is -2.39. The Morgan fingerprint density at radius 1 is 1.20 bits per heavy atom. The molecule has 4 rings (SSSR count). The van der Waals surface area contributed by atoms with Gasteiger partial charge in [-0.3, -0.25) is 14.7 Å². The van der Waals surface area contributed by atoms with Crippen LogP contribution in [0, 0.1) is 19.8 Å². The van der Waals surface area contributed by atoms with Crippen LogP contribution in [-0.2, 0) is 6.54 Å². The van der Waals surface area contributed by atoms with Gasteiger partial charge in [-0.2, -0.15) is 0 Å². The molecule has 2 aromatic rings. The van der Waals surface area contributed by atoms with Crippen molar-refractivity contribution in [3.8, 4) is 0 Å². The normalized spacial score (nSPS) is 23.0. The average Bonchev–Trinajstić information content (AvgIpc) is 3.14. The van der Waals surface area contributed by atoms with E-state index in [0.29, 0.717) is 12.0 Å². The molecule has 0 spiro atoms. The average molecular weight is 335 g/mol. The molecule has 0 N–H and O–H groups in total. The molecule has 0 saturated carbocycles. The van der Waals surface area contributed by atoms with Crippen LogP contribution in [0.3, 0.4) is 0 Å². The molecule has 2 fully saturated rings. The highest BCUT2D eigenvalue weighted by Crippen LogP contribution is 2.33. The molecule has 4 nitrogen and oxygen atoms in total. The summed E-state index contributed by atoms with van der Waals surface area (Å²) in [6.45, 7) is 7.98. The van der Waals surface area contributed by atoms with Gasteiger partial charge in [0.05, 0.1) is 0 Å². The fourth-order valence-electron chi connectivity index (χ4n) is 4.44. The number of likely N-dealkylation sites (tertiary alicyclic amines) is 2. The Bertz CT molecular complexity index is 754. The van der Waals surface area contributed by atoms with Gasteiger partial charge in [0.2, 0.25) is 0 Å². The number of carbonyl (C=O) groups is 1. The molecule has 3 heterocycles. The van der Waals surface area contributed by atoms with Crippen molar-refractivity contribution in [1.29, 1.82) is 0 Å². The summed E-state index contributed by atoms with van der Waals surface area (Å²) in [6, 6.07) is 10.6. The number of amides is 1. The molecule has 2 aliphatic rings. The molecule has 2 saturated heterocycles. The predicted octanol–water partition coefficient (Wildman–Crippen LogP) is 3.04. The molecule has 1 aromatic carbocycles. The number of aryl methyl sites for hydroxylation is 2. The van der Waals surface area contributed by atoms with E-state index in [1.165, 1.54) is 5.56 Å². The highest BCUT2D eigenvalue weighted by molar-refractivity contribution is 5.95. The predicted molar refractivity (Wildman–Crippen MR) is 98.4 cm³/mol. The Labute approximate surface area is 149 Å². The second-order valence-corrected chi connectivity index (χ2v) is 7.55. The second kappa shape index (κ2) is 6.60. The van der Waals surface area contributed by atoms with Gasteiger partial charge in [-0.25, -0.2) is 0 Å². The van der Waals surface area contributed by atoms with Gasteiger partial charge in [0.25, 0.3) is 5.91 Å². The molecular weight excluding hydrogens is 310 g/mol. The van der Waals surface area contributed by atoms with Crippen LogP contribution < -0.4 is 0 Å². The van der Waals surface area contributed by atoms with Gasteiger partial charge in [0, 0.05) is 50.2 Å². The summed E-state index contributed by atoms with van der Waals surface area (Å²) < 4.78 is 0. The Hall–Kier alpha value is -2.20. The van der Waals surface area contributed by atoms with E-state index in [1.807, 2.05) is 30.6 Å².